The Hall–Kier alpha value is -2.37. The largest absolute Gasteiger partial charge is 0.331 e. The smallest absolute Gasteiger partial charge is 0.261 e. The van der Waals surface area contributed by atoms with Gasteiger partial charge in [-0.3, -0.25) is 4.72 Å². The lowest BCUT2D eigenvalue weighted by Crippen LogP contribution is -3.11. The molecule has 0 aromatic heterocycles. The number of quaternary nitrogens is 1. The van der Waals surface area contributed by atoms with E-state index in [1.165, 1.54) is 37.0 Å². The van der Waals surface area contributed by atoms with Crippen molar-refractivity contribution in [2.75, 3.05) is 11.8 Å². The highest BCUT2D eigenvalue weighted by Gasteiger charge is 2.23. The topological polar surface area (TPSA) is 50.6 Å². The van der Waals surface area contributed by atoms with Crippen LogP contribution in [0.15, 0.2) is 71.6 Å². The number of anilines is 1. The van der Waals surface area contributed by atoms with Crippen LogP contribution in [0.2, 0.25) is 0 Å². The third-order valence-electron chi connectivity index (χ3n) is 6.06. The highest BCUT2D eigenvalue weighted by atomic mass is 32.2. The molecule has 0 bridgehead atoms. The minimum Gasteiger partial charge on any atom is -0.331 e. The summed E-state index contributed by atoms with van der Waals surface area (Å²) in [6.45, 7) is 0.821. The van der Waals surface area contributed by atoms with Gasteiger partial charge in [-0.25, -0.2) is 8.42 Å². The number of hydrogen-bond donors (Lipinski definition) is 2. The highest BCUT2D eigenvalue weighted by Crippen LogP contribution is 2.23. The molecule has 2 N–H and O–H groups in total. The zero-order chi connectivity index (χ0) is 20.3. The molecule has 1 aliphatic rings. The molecule has 152 valence electrons. The van der Waals surface area contributed by atoms with Crippen molar-refractivity contribution in [2.45, 2.75) is 49.6 Å². The Bertz CT molecular complexity index is 1090. The second-order valence-corrected chi connectivity index (χ2v) is 9.81. The molecule has 0 heterocycles. The number of nitrogens with one attached hydrogen (secondary N) is 2. The number of fused-ring (bicyclic) bond motifs is 1. The highest BCUT2D eigenvalue weighted by molar-refractivity contribution is 7.92. The molecule has 3 aromatic rings. The predicted octanol–water partition coefficient (Wildman–Crippen LogP) is 3.99. The zero-order valence-electron chi connectivity index (χ0n) is 16.9. The van der Waals surface area contributed by atoms with Gasteiger partial charge >= 0.3 is 0 Å². The summed E-state index contributed by atoms with van der Waals surface area (Å²) in [6.07, 6.45) is 6.47. The maximum atomic E-state index is 13.1. The van der Waals surface area contributed by atoms with Crippen LogP contribution in [0.3, 0.4) is 0 Å². The summed E-state index contributed by atoms with van der Waals surface area (Å²) in [5.74, 6) is 0. The van der Waals surface area contributed by atoms with Crippen molar-refractivity contribution in [3.63, 3.8) is 0 Å². The molecule has 1 fully saturated rings. The Kier molecular flexibility index (Phi) is 5.88. The molecule has 0 spiro atoms. The normalized spacial score (nSPS) is 16.6. The Balaban J connectivity index is 1.56. The molecule has 0 aliphatic heterocycles. The molecule has 1 aliphatic carbocycles. The lowest BCUT2D eigenvalue weighted by Gasteiger charge is -2.28. The first kappa shape index (κ1) is 19.9. The van der Waals surface area contributed by atoms with E-state index in [9.17, 15) is 8.42 Å². The first-order valence-corrected chi connectivity index (χ1v) is 11.9. The van der Waals surface area contributed by atoms with E-state index in [2.05, 4.69) is 11.8 Å². The van der Waals surface area contributed by atoms with E-state index in [4.69, 9.17) is 0 Å². The molecule has 1 saturated carbocycles. The van der Waals surface area contributed by atoms with E-state index in [0.29, 0.717) is 16.6 Å². The summed E-state index contributed by atoms with van der Waals surface area (Å²) in [5.41, 5.74) is 1.72. The van der Waals surface area contributed by atoms with Gasteiger partial charge in [-0.1, -0.05) is 55.0 Å². The summed E-state index contributed by atoms with van der Waals surface area (Å²) in [4.78, 5) is 1.75. The second-order valence-electron chi connectivity index (χ2n) is 8.13. The van der Waals surface area contributed by atoms with Gasteiger partial charge < -0.3 is 4.90 Å². The molecular weight excluding hydrogens is 380 g/mol. The van der Waals surface area contributed by atoms with Gasteiger partial charge in [-0.2, -0.15) is 0 Å². The molecule has 5 heteroatoms. The van der Waals surface area contributed by atoms with Gasteiger partial charge in [0, 0.05) is 5.56 Å². The van der Waals surface area contributed by atoms with Crippen molar-refractivity contribution in [1.82, 2.24) is 0 Å². The van der Waals surface area contributed by atoms with Crippen molar-refractivity contribution in [3.05, 3.63) is 72.3 Å². The molecule has 1 unspecified atom stereocenters. The van der Waals surface area contributed by atoms with Crippen molar-refractivity contribution in [3.8, 4) is 0 Å². The van der Waals surface area contributed by atoms with Crippen LogP contribution in [0, 0.1) is 0 Å². The Labute approximate surface area is 173 Å². The summed E-state index contributed by atoms with van der Waals surface area (Å²) in [6, 6.07) is 21.5. The Morgan fingerprint density at radius 1 is 0.897 bits per heavy atom. The van der Waals surface area contributed by atoms with Crippen molar-refractivity contribution >= 4 is 26.5 Å². The van der Waals surface area contributed by atoms with E-state index in [-0.39, 0.29) is 0 Å². The first-order valence-electron chi connectivity index (χ1n) is 10.4. The molecule has 0 radical (unpaired) electrons. The second kappa shape index (κ2) is 8.56. The summed E-state index contributed by atoms with van der Waals surface area (Å²) >= 11 is 0. The minimum absolute atomic E-state index is 0.291. The average Bonchev–Trinajstić information content (AvgIpc) is 2.75. The van der Waals surface area contributed by atoms with E-state index < -0.39 is 10.0 Å². The van der Waals surface area contributed by atoms with Crippen LogP contribution in [0.1, 0.15) is 37.7 Å². The molecule has 0 amide bonds. The van der Waals surface area contributed by atoms with Crippen LogP contribution in [-0.4, -0.2) is 21.5 Å². The predicted molar refractivity (Wildman–Crippen MR) is 119 cm³/mol. The van der Waals surface area contributed by atoms with Crippen LogP contribution in [0.4, 0.5) is 5.69 Å². The maximum absolute atomic E-state index is 13.1. The van der Waals surface area contributed by atoms with Crippen LogP contribution >= 0.6 is 0 Å². The van der Waals surface area contributed by atoms with Gasteiger partial charge in [-0.05, 0) is 54.7 Å². The summed E-state index contributed by atoms with van der Waals surface area (Å²) < 4.78 is 29.0. The van der Waals surface area contributed by atoms with Crippen LogP contribution in [0.5, 0.6) is 0 Å². The van der Waals surface area contributed by atoms with Gasteiger partial charge in [0.15, 0.2) is 0 Å². The van der Waals surface area contributed by atoms with Crippen LogP contribution in [-0.2, 0) is 16.6 Å². The van der Waals surface area contributed by atoms with Gasteiger partial charge in [0.2, 0.25) is 0 Å². The maximum Gasteiger partial charge on any atom is 0.261 e. The molecule has 4 rings (SSSR count). The van der Waals surface area contributed by atoms with Crippen LogP contribution < -0.4 is 9.62 Å². The molecule has 4 nitrogen and oxygen atoms in total. The molecular formula is C24H29N2O2S+. The Morgan fingerprint density at radius 2 is 1.59 bits per heavy atom. The standard InChI is InChI=1S/C24H28N2O2S/c1-26(22-12-3-2-4-13-22)18-21-11-7-8-14-24(21)25-29(27,28)23-16-15-19-9-5-6-10-20(19)17-23/h5-11,14-17,22,25H,2-4,12-13,18H2,1H3/p+1. The SMILES string of the molecule is C[NH+](Cc1ccccc1NS(=O)(=O)c1ccc2ccccc2c1)C1CCCCC1. The molecule has 1 atom stereocenters. The molecule has 3 aromatic carbocycles. The van der Waals surface area contributed by atoms with Gasteiger partial charge in [-0.15, -0.1) is 0 Å². The van der Waals surface area contributed by atoms with Crippen molar-refractivity contribution < 1.29 is 13.3 Å². The monoisotopic (exact) mass is 409 g/mol. The fourth-order valence-electron chi connectivity index (χ4n) is 4.35. The summed E-state index contributed by atoms with van der Waals surface area (Å²) in [5, 5.41) is 1.95. The van der Waals surface area contributed by atoms with Gasteiger partial charge in [0.05, 0.1) is 23.7 Å². The van der Waals surface area contributed by atoms with E-state index in [1.807, 2.05) is 54.6 Å². The lowest BCUT2D eigenvalue weighted by atomic mass is 9.94. The van der Waals surface area contributed by atoms with E-state index in [0.717, 1.165) is 22.9 Å². The number of sulfonamides is 1. The van der Waals surface area contributed by atoms with Crippen molar-refractivity contribution in [1.29, 1.82) is 0 Å². The quantitative estimate of drug-likeness (QED) is 0.647. The number of hydrogen-bond acceptors (Lipinski definition) is 2. The number of para-hydroxylation sites is 1. The van der Waals surface area contributed by atoms with E-state index in [1.54, 1.807) is 12.1 Å². The van der Waals surface area contributed by atoms with Crippen molar-refractivity contribution in [2.24, 2.45) is 0 Å². The minimum atomic E-state index is -3.65. The van der Waals surface area contributed by atoms with Crippen LogP contribution in [0.25, 0.3) is 10.8 Å². The number of rotatable bonds is 6. The Morgan fingerprint density at radius 3 is 2.38 bits per heavy atom. The zero-order valence-corrected chi connectivity index (χ0v) is 17.7. The summed E-state index contributed by atoms with van der Waals surface area (Å²) in [7, 11) is -1.42. The third-order valence-corrected chi connectivity index (χ3v) is 7.43. The average molecular weight is 410 g/mol. The fourth-order valence-corrected chi connectivity index (χ4v) is 5.49. The molecule has 0 saturated heterocycles. The molecule has 29 heavy (non-hydrogen) atoms. The first-order chi connectivity index (χ1) is 14.0. The van der Waals surface area contributed by atoms with E-state index >= 15 is 0 Å². The number of benzene rings is 3. The van der Waals surface area contributed by atoms with Gasteiger partial charge in [0.25, 0.3) is 10.0 Å². The van der Waals surface area contributed by atoms with Gasteiger partial charge in [0.1, 0.15) is 6.54 Å². The fraction of sp³-hybridized carbons (Fsp3) is 0.333. The lowest BCUT2D eigenvalue weighted by molar-refractivity contribution is -0.921. The third kappa shape index (κ3) is 4.62.